The number of nitriles is 1. The maximum atomic E-state index is 11.0. The van der Waals surface area contributed by atoms with Gasteiger partial charge in [-0.25, -0.2) is 5.10 Å². The first-order valence-corrected chi connectivity index (χ1v) is 7.02. The average Bonchev–Trinajstić information content (AvgIpc) is 2.53. The highest BCUT2D eigenvalue weighted by molar-refractivity contribution is 5.62. The highest BCUT2D eigenvalue weighted by Gasteiger charge is 2.06. The normalized spacial score (nSPS) is 11.6. The highest BCUT2D eigenvalue weighted by atomic mass is 16.1. The number of nitrogens with one attached hydrogen (secondary N) is 2. The van der Waals surface area contributed by atoms with Crippen molar-refractivity contribution in [3.05, 3.63) is 46.8 Å². The first-order valence-electron chi connectivity index (χ1n) is 7.02. The number of H-pyrrole nitrogens is 1. The molecular formula is C16H18N4O. The van der Waals surface area contributed by atoms with Crippen LogP contribution in [0.25, 0.3) is 11.3 Å². The molecule has 0 bridgehead atoms. The number of anilines is 1. The van der Waals surface area contributed by atoms with Crippen LogP contribution in [0.3, 0.4) is 0 Å². The monoisotopic (exact) mass is 282 g/mol. The molecule has 0 saturated carbocycles. The van der Waals surface area contributed by atoms with Gasteiger partial charge < -0.3 is 5.32 Å². The Morgan fingerprint density at radius 3 is 2.62 bits per heavy atom. The molecule has 21 heavy (non-hydrogen) atoms. The van der Waals surface area contributed by atoms with E-state index in [0.29, 0.717) is 6.54 Å². The fourth-order valence-electron chi connectivity index (χ4n) is 2.07. The topological polar surface area (TPSA) is 81.6 Å². The molecular weight excluding hydrogens is 264 g/mol. The standard InChI is InChI=1S/C16H18N4O/c1-2-3-12(10-17)11-18-14-6-4-13(5-7-14)15-8-9-16(21)20-19-15/h4-9,12,18H,2-3,11H2,1H3,(H,20,21). The van der Waals surface area contributed by atoms with Gasteiger partial charge in [-0.3, -0.25) is 4.79 Å². The molecule has 2 N–H and O–H groups in total. The van der Waals surface area contributed by atoms with Crippen molar-refractivity contribution in [2.75, 3.05) is 11.9 Å². The van der Waals surface area contributed by atoms with Crippen LogP contribution >= 0.6 is 0 Å². The van der Waals surface area contributed by atoms with Gasteiger partial charge in [-0.1, -0.05) is 25.5 Å². The Labute approximate surface area is 123 Å². The van der Waals surface area contributed by atoms with E-state index in [-0.39, 0.29) is 11.5 Å². The van der Waals surface area contributed by atoms with E-state index in [9.17, 15) is 4.79 Å². The summed E-state index contributed by atoms with van der Waals surface area (Å²) < 4.78 is 0. The van der Waals surface area contributed by atoms with Crippen LogP contribution in [-0.4, -0.2) is 16.7 Å². The second-order valence-electron chi connectivity index (χ2n) is 4.88. The molecule has 1 unspecified atom stereocenters. The van der Waals surface area contributed by atoms with E-state index >= 15 is 0 Å². The Hall–Kier alpha value is -2.61. The molecule has 0 aliphatic carbocycles. The van der Waals surface area contributed by atoms with Crippen LogP contribution < -0.4 is 10.9 Å². The smallest absolute Gasteiger partial charge is 0.264 e. The van der Waals surface area contributed by atoms with Crippen molar-refractivity contribution in [1.82, 2.24) is 10.2 Å². The largest absolute Gasteiger partial charge is 0.384 e. The molecule has 2 rings (SSSR count). The van der Waals surface area contributed by atoms with Crippen LogP contribution in [0.4, 0.5) is 5.69 Å². The third-order valence-electron chi connectivity index (χ3n) is 3.23. The van der Waals surface area contributed by atoms with Crippen LogP contribution in [0.2, 0.25) is 0 Å². The van der Waals surface area contributed by atoms with Crippen LogP contribution in [0, 0.1) is 17.2 Å². The van der Waals surface area contributed by atoms with Gasteiger partial charge in [0, 0.05) is 23.9 Å². The Morgan fingerprint density at radius 1 is 1.29 bits per heavy atom. The molecule has 2 aromatic rings. The maximum absolute atomic E-state index is 11.0. The predicted octanol–water partition coefficient (Wildman–Crippen LogP) is 2.79. The van der Waals surface area contributed by atoms with E-state index < -0.39 is 0 Å². The van der Waals surface area contributed by atoms with Gasteiger partial charge in [0.25, 0.3) is 5.56 Å². The number of rotatable bonds is 6. The van der Waals surface area contributed by atoms with Gasteiger partial charge in [0.15, 0.2) is 0 Å². The minimum absolute atomic E-state index is 0.0375. The van der Waals surface area contributed by atoms with E-state index in [0.717, 1.165) is 29.8 Å². The van der Waals surface area contributed by atoms with E-state index in [2.05, 4.69) is 28.5 Å². The van der Waals surface area contributed by atoms with Crippen molar-refractivity contribution in [3.63, 3.8) is 0 Å². The summed E-state index contributed by atoms with van der Waals surface area (Å²) in [5, 5.41) is 18.7. The molecule has 0 fully saturated rings. The molecule has 0 aliphatic rings. The summed E-state index contributed by atoms with van der Waals surface area (Å²) in [6, 6.07) is 13.2. The fourth-order valence-corrected chi connectivity index (χ4v) is 2.07. The zero-order valence-corrected chi connectivity index (χ0v) is 12.0. The number of aromatic nitrogens is 2. The van der Waals surface area contributed by atoms with Crippen LogP contribution in [0.5, 0.6) is 0 Å². The molecule has 5 nitrogen and oxygen atoms in total. The highest BCUT2D eigenvalue weighted by Crippen LogP contribution is 2.18. The van der Waals surface area contributed by atoms with E-state index in [1.807, 2.05) is 24.3 Å². The Balaban J connectivity index is 2.00. The van der Waals surface area contributed by atoms with Crippen LogP contribution in [0.1, 0.15) is 19.8 Å². The Morgan fingerprint density at radius 2 is 2.05 bits per heavy atom. The van der Waals surface area contributed by atoms with Crippen LogP contribution in [0.15, 0.2) is 41.2 Å². The number of hydrogen-bond acceptors (Lipinski definition) is 4. The SMILES string of the molecule is CCCC(C#N)CNc1ccc(-c2ccc(=O)[nH]n2)cc1. The van der Waals surface area contributed by atoms with E-state index in [1.54, 1.807) is 6.07 Å². The summed E-state index contributed by atoms with van der Waals surface area (Å²) in [6.45, 7) is 2.73. The molecule has 0 aliphatic heterocycles. The third-order valence-corrected chi connectivity index (χ3v) is 3.23. The summed E-state index contributed by atoms with van der Waals surface area (Å²) in [4.78, 5) is 11.0. The molecule has 0 saturated heterocycles. The van der Waals surface area contributed by atoms with Gasteiger partial charge in [0.1, 0.15) is 0 Å². The van der Waals surface area contributed by atoms with Crippen molar-refractivity contribution in [2.24, 2.45) is 5.92 Å². The van der Waals surface area contributed by atoms with Crippen LogP contribution in [-0.2, 0) is 0 Å². The van der Waals surface area contributed by atoms with Gasteiger partial charge in [0.2, 0.25) is 0 Å². The molecule has 0 amide bonds. The zero-order chi connectivity index (χ0) is 15.1. The lowest BCUT2D eigenvalue weighted by Crippen LogP contribution is -2.12. The van der Waals surface area contributed by atoms with Crippen molar-refractivity contribution in [3.8, 4) is 17.3 Å². The molecule has 1 atom stereocenters. The second-order valence-corrected chi connectivity index (χ2v) is 4.88. The molecule has 108 valence electrons. The van der Waals surface area contributed by atoms with Gasteiger partial charge in [-0.05, 0) is 24.6 Å². The van der Waals surface area contributed by atoms with E-state index in [4.69, 9.17) is 5.26 Å². The first kappa shape index (κ1) is 14.8. The lowest BCUT2D eigenvalue weighted by molar-refractivity contribution is 0.618. The van der Waals surface area contributed by atoms with Crippen molar-refractivity contribution < 1.29 is 0 Å². The van der Waals surface area contributed by atoms with Crippen molar-refractivity contribution in [1.29, 1.82) is 5.26 Å². The minimum Gasteiger partial charge on any atom is -0.384 e. The predicted molar refractivity (Wildman–Crippen MR) is 82.8 cm³/mol. The lowest BCUT2D eigenvalue weighted by atomic mass is 10.1. The number of hydrogen-bond donors (Lipinski definition) is 2. The lowest BCUT2D eigenvalue weighted by Gasteiger charge is -2.11. The number of nitrogens with zero attached hydrogens (tertiary/aromatic N) is 2. The molecule has 0 radical (unpaired) electrons. The molecule has 5 heteroatoms. The molecule has 1 aromatic carbocycles. The van der Waals surface area contributed by atoms with Gasteiger partial charge in [0.05, 0.1) is 17.7 Å². The van der Waals surface area contributed by atoms with Crippen molar-refractivity contribution in [2.45, 2.75) is 19.8 Å². The van der Waals surface area contributed by atoms with E-state index in [1.165, 1.54) is 6.07 Å². The Bertz CT molecular complexity index is 649. The zero-order valence-electron chi connectivity index (χ0n) is 12.0. The first-order chi connectivity index (χ1) is 10.2. The minimum atomic E-state index is -0.212. The van der Waals surface area contributed by atoms with Gasteiger partial charge >= 0.3 is 0 Å². The fraction of sp³-hybridized carbons (Fsp3) is 0.312. The molecule has 0 spiro atoms. The summed E-state index contributed by atoms with van der Waals surface area (Å²) in [5.41, 5.74) is 2.42. The molecule has 1 heterocycles. The van der Waals surface area contributed by atoms with Gasteiger partial charge in [-0.15, -0.1) is 0 Å². The summed E-state index contributed by atoms with van der Waals surface area (Å²) in [5.74, 6) is 0.0375. The quantitative estimate of drug-likeness (QED) is 0.853. The Kier molecular flexibility index (Phi) is 5.10. The average molecular weight is 282 g/mol. The third kappa shape index (κ3) is 4.18. The summed E-state index contributed by atoms with van der Waals surface area (Å²) in [6.07, 6.45) is 1.92. The summed E-state index contributed by atoms with van der Waals surface area (Å²) >= 11 is 0. The number of benzene rings is 1. The molecule has 1 aromatic heterocycles. The number of aromatic amines is 1. The van der Waals surface area contributed by atoms with Gasteiger partial charge in [-0.2, -0.15) is 10.4 Å². The second kappa shape index (κ2) is 7.25. The maximum Gasteiger partial charge on any atom is 0.264 e. The van der Waals surface area contributed by atoms with Crippen molar-refractivity contribution >= 4 is 5.69 Å². The summed E-state index contributed by atoms with van der Waals surface area (Å²) in [7, 11) is 0.